The van der Waals surface area contributed by atoms with Gasteiger partial charge in [0.15, 0.2) is 0 Å². The van der Waals surface area contributed by atoms with Gasteiger partial charge in [0.2, 0.25) is 5.91 Å². The van der Waals surface area contributed by atoms with Crippen molar-refractivity contribution in [2.24, 2.45) is 5.92 Å². The largest absolute Gasteiger partial charge is 0.481 e. The van der Waals surface area contributed by atoms with Crippen LogP contribution in [0, 0.1) is 16.0 Å². The molecule has 0 spiro atoms. The number of nitro groups is 1. The highest BCUT2D eigenvalue weighted by Gasteiger charge is 2.33. The van der Waals surface area contributed by atoms with Crippen molar-refractivity contribution in [2.75, 3.05) is 11.9 Å². The average Bonchev–Trinajstić information content (AvgIpc) is 3.00. The molecule has 0 heterocycles. The first-order valence-corrected chi connectivity index (χ1v) is 7.98. The van der Waals surface area contributed by atoms with Crippen molar-refractivity contribution >= 4 is 23.3 Å². The van der Waals surface area contributed by atoms with Crippen molar-refractivity contribution in [3.8, 4) is 0 Å². The Kier molecular flexibility index (Phi) is 6.11. The van der Waals surface area contributed by atoms with Crippen LogP contribution in [0.5, 0.6) is 0 Å². The molecule has 1 fully saturated rings. The quantitative estimate of drug-likeness (QED) is 0.380. The van der Waals surface area contributed by atoms with E-state index >= 15 is 0 Å². The zero-order valence-electron chi connectivity index (χ0n) is 13.2. The molecule has 2 rings (SSSR count). The van der Waals surface area contributed by atoms with Crippen LogP contribution in [-0.2, 0) is 9.59 Å². The lowest BCUT2D eigenvalue weighted by Crippen LogP contribution is -2.40. The number of carbonyl (C=O) groups excluding carboxylic acids is 1. The van der Waals surface area contributed by atoms with Crippen LogP contribution in [0.1, 0.15) is 32.1 Å². The van der Waals surface area contributed by atoms with E-state index in [0.29, 0.717) is 32.2 Å². The van der Waals surface area contributed by atoms with E-state index < -0.39 is 16.8 Å². The molecule has 130 valence electrons. The molecule has 0 saturated heterocycles. The summed E-state index contributed by atoms with van der Waals surface area (Å²) in [6.07, 6.45) is 3.05. The number of benzene rings is 1. The Bertz CT molecular complexity index is 602. The van der Waals surface area contributed by atoms with Gasteiger partial charge < -0.3 is 15.7 Å². The van der Waals surface area contributed by atoms with Crippen molar-refractivity contribution in [2.45, 2.75) is 38.1 Å². The molecule has 1 aromatic rings. The molecule has 8 heteroatoms. The summed E-state index contributed by atoms with van der Waals surface area (Å²) in [6.45, 7) is 0.554. The molecule has 1 aliphatic rings. The fourth-order valence-corrected chi connectivity index (χ4v) is 2.89. The van der Waals surface area contributed by atoms with E-state index in [0.717, 1.165) is 12.1 Å². The van der Waals surface area contributed by atoms with Gasteiger partial charge in [-0.25, -0.2) is 0 Å². The summed E-state index contributed by atoms with van der Waals surface area (Å²) >= 11 is 0. The van der Waals surface area contributed by atoms with Gasteiger partial charge in [-0.1, -0.05) is 6.42 Å². The smallest absolute Gasteiger partial charge is 0.308 e. The lowest BCUT2D eigenvalue weighted by molar-refractivity contribution is -0.384. The lowest BCUT2D eigenvalue weighted by Gasteiger charge is -2.17. The van der Waals surface area contributed by atoms with Crippen molar-refractivity contribution < 1.29 is 19.6 Å². The predicted octanol–water partition coefficient (Wildman–Crippen LogP) is 2.16. The Hall–Kier alpha value is -2.64. The summed E-state index contributed by atoms with van der Waals surface area (Å²) in [6, 6.07) is 5.81. The molecule has 8 nitrogen and oxygen atoms in total. The van der Waals surface area contributed by atoms with E-state index in [1.807, 2.05) is 0 Å². The van der Waals surface area contributed by atoms with E-state index in [4.69, 9.17) is 5.11 Å². The normalized spacial score (nSPS) is 19.7. The number of anilines is 1. The highest BCUT2D eigenvalue weighted by atomic mass is 16.6. The number of non-ortho nitro benzene ring substituents is 1. The Balaban J connectivity index is 1.67. The molecule has 1 amide bonds. The molecule has 0 radical (unpaired) electrons. The molecule has 0 bridgehead atoms. The number of nitrogens with one attached hydrogen (secondary N) is 2. The van der Waals surface area contributed by atoms with E-state index in [1.54, 1.807) is 12.1 Å². The first-order chi connectivity index (χ1) is 11.5. The van der Waals surface area contributed by atoms with Gasteiger partial charge >= 0.3 is 5.97 Å². The Labute approximate surface area is 139 Å². The van der Waals surface area contributed by atoms with E-state index in [1.165, 1.54) is 12.1 Å². The van der Waals surface area contributed by atoms with Crippen LogP contribution in [0.2, 0.25) is 0 Å². The number of amides is 1. The molecular weight excluding hydrogens is 314 g/mol. The number of nitrogens with zero attached hydrogens (tertiary/aromatic N) is 1. The summed E-state index contributed by atoms with van der Waals surface area (Å²) < 4.78 is 0. The number of nitro benzene ring substituents is 1. The molecule has 1 saturated carbocycles. The maximum absolute atomic E-state index is 11.9. The summed E-state index contributed by atoms with van der Waals surface area (Å²) in [5, 5.41) is 25.5. The number of carboxylic acid groups (broad SMARTS) is 1. The van der Waals surface area contributed by atoms with E-state index in [2.05, 4.69) is 10.6 Å². The third-order valence-electron chi connectivity index (χ3n) is 4.17. The van der Waals surface area contributed by atoms with Gasteiger partial charge in [0.1, 0.15) is 0 Å². The topological polar surface area (TPSA) is 122 Å². The molecule has 2 atom stereocenters. The molecular formula is C16H21N3O5. The molecule has 1 aliphatic carbocycles. The highest BCUT2D eigenvalue weighted by molar-refractivity contribution is 5.78. The zero-order chi connectivity index (χ0) is 17.5. The number of rotatable bonds is 8. The van der Waals surface area contributed by atoms with Crippen molar-refractivity contribution in [3.63, 3.8) is 0 Å². The first kappa shape index (κ1) is 17.7. The first-order valence-electron chi connectivity index (χ1n) is 7.98. The molecule has 3 N–H and O–H groups in total. The summed E-state index contributed by atoms with van der Waals surface area (Å²) in [5.74, 6) is -1.47. The second kappa shape index (κ2) is 8.28. The van der Waals surface area contributed by atoms with Gasteiger partial charge in [0.25, 0.3) is 5.69 Å². The number of hydrogen-bond acceptors (Lipinski definition) is 5. The van der Waals surface area contributed by atoms with Crippen molar-refractivity contribution in [1.82, 2.24) is 5.32 Å². The highest BCUT2D eigenvalue weighted by Crippen LogP contribution is 2.25. The molecule has 24 heavy (non-hydrogen) atoms. The third-order valence-corrected chi connectivity index (χ3v) is 4.17. The van der Waals surface area contributed by atoms with Crippen molar-refractivity contribution in [3.05, 3.63) is 34.4 Å². The molecule has 1 aromatic carbocycles. The monoisotopic (exact) mass is 335 g/mol. The van der Waals surface area contributed by atoms with Crippen LogP contribution in [0.3, 0.4) is 0 Å². The number of carbonyl (C=O) groups is 2. The third kappa shape index (κ3) is 4.94. The number of hydrogen-bond donors (Lipinski definition) is 3. The van der Waals surface area contributed by atoms with E-state index in [-0.39, 0.29) is 17.6 Å². The molecule has 0 aromatic heterocycles. The minimum atomic E-state index is -0.849. The second-order valence-corrected chi connectivity index (χ2v) is 5.88. The van der Waals surface area contributed by atoms with Crippen LogP contribution in [0.15, 0.2) is 24.3 Å². The minimum absolute atomic E-state index is 0.0319. The van der Waals surface area contributed by atoms with Gasteiger partial charge in [-0.3, -0.25) is 19.7 Å². The zero-order valence-corrected chi connectivity index (χ0v) is 13.2. The van der Waals surface area contributed by atoms with Crippen molar-refractivity contribution in [1.29, 1.82) is 0 Å². The summed E-state index contributed by atoms with van der Waals surface area (Å²) in [5.41, 5.74) is 0.784. The Morgan fingerprint density at radius 3 is 2.58 bits per heavy atom. The summed E-state index contributed by atoms with van der Waals surface area (Å²) in [7, 11) is 0. The van der Waals surface area contributed by atoms with Crippen LogP contribution >= 0.6 is 0 Å². The second-order valence-electron chi connectivity index (χ2n) is 5.88. The standard InChI is InChI=1S/C16H21N3O5/c20-15(18-14-4-1-3-13(14)16(21)22)5-2-10-17-11-6-8-12(9-7-11)19(23)24/h6-9,13-14,17H,1-5,10H2,(H,18,20)(H,21,22)/t13-,14+/m1/s1. The fraction of sp³-hybridized carbons (Fsp3) is 0.500. The van der Waals surface area contributed by atoms with E-state index in [9.17, 15) is 19.7 Å². The Morgan fingerprint density at radius 1 is 1.25 bits per heavy atom. The molecule has 0 aliphatic heterocycles. The van der Waals surface area contributed by atoms with Crippen LogP contribution in [0.4, 0.5) is 11.4 Å². The van der Waals surface area contributed by atoms with Crippen LogP contribution < -0.4 is 10.6 Å². The fourth-order valence-electron chi connectivity index (χ4n) is 2.89. The lowest BCUT2D eigenvalue weighted by atomic mass is 10.0. The van der Waals surface area contributed by atoms with Gasteiger partial charge in [-0.05, 0) is 31.4 Å². The SMILES string of the molecule is O=C(CCCNc1ccc([N+](=O)[O-])cc1)N[C@H]1CCC[C@H]1C(=O)O. The maximum atomic E-state index is 11.9. The van der Waals surface area contributed by atoms with Crippen LogP contribution in [0.25, 0.3) is 0 Å². The van der Waals surface area contributed by atoms with Gasteiger partial charge in [0.05, 0.1) is 10.8 Å². The van der Waals surface area contributed by atoms with Crippen LogP contribution in [-0.4, -0.2) is 34.5 Å². The number of carboxylic acids is 1. The van der Waals surface area contributed by atoms with Gasteiger partial charge in [-0.15, -0.1) is 0 Å². The average molecular weight is 335 g/mol. The van der Waals surface area contributed by atoms with Gasteiger partial charge in [0, 0.05) is 36.8 Å². The van der Waals surface area contributed by atoms with Gasteiger partial charge in [-0.2, -0.15) is 0 Å². The molecule has 0 unspecified atom stereocenters. The Morgan fingerprint density at radius 2 is 1.96 bits per heavy atom. The number of aliphatic carboxylic acids is 1. The minimum Gasteiger partial charge on any atom is -0.481 e. The summed E-state index contributed by atoms with van der Waals surface area (Å²) in [4.78, 5) is 33.1. The maximum Gasteiger partial charge on any atom is 0.308 e. The predicted molar refractivity (Wildman–Crippen MR) is 87.7 cm³/mol.